The molecule has 24 heavy (non-hydrogen) atoms. The Kier molecular flexibility index (Phi) is 5.69. The largest absolute Gasteiger partial charge is 0.490 e. The molecule has 4 rings (SSSR count). The smallest absolute Gasteiger partial charge is 0.119 e. The van der Waals surface area contributed by atoms with Gasteiger partial charge >= 0.3 is 0 Å². The molecule has 0 spiro atoms. The predicted molar refractivity (Wildman–Crippen MR) is 103 cm³/mol. The monoisotopic (exact) mass is 326 g/mol. The van der Waals surface area contributed by atoms with Crippen LogP contribution in [0.4, 0.5) is 0 Å². The van der Waals surface area contributed by atoms with Crippen LogP contribution in [0.3, 0.4) is 0 Å². The number of allylic oxidation sites excluding steroid dienone is 1. The van der Waals surface area contributed by atoms with Crippen molar-refractivity contribution in [2.45, 2.75) is 83.5 Å². The number of hydrogen-bond acceptors (Lipinski definition) is 1. The Morgan fingerprint density at radius 2 is 1.62 bits per heavy atom. The molecule has 0 atom stereocenters. The van der Waals surface area contributed by atoms with Gasteiger partial charge in [0.2, 0.25) is 0 Å². The van der Waals surface area contributed by atoms with E-state index in [0.717, 1.165) is 5.75 Å². The molecule has 3 aliphatic rings. The summed E-state index contributed by atoms with van der Waals surface area (Å²) in [5.74, 6) is 0.994. The SMILES string of the molecule is CC=CCOc1ccc(C23CCC(CCCCC)(CC2)CC3)cc1. The molecule has 1 aromatic carbocycles. The normalized spacial score (nSPS) is 29.2. The number of fused-ring (bicyclic) bond motifs is 3. The fraction of sp³-hybridized carbons (Fsp3) is 0.652. The lowest BCUT2D eigenvalue weighted by atomic mass is 9.51. The molecule has 0 amide bonds. The second-order valence-electron chi connectivity index (χ2n) is 8.14. The molecule has 132 valence electrons. The maximum absolute atomic E-state index is 5.75. The molecular weight excluding hydrogens is 292 g/mol. The Balaban J connectivity index is 1.60. The Morgan fingerprint density at radius 3 is 2.21 bits per heavy atom. The summed E-state index contributed by atoms with van der Waals surface area (Å²) in [6.07, 6.45) is 18.3. The number of unbranched alkanes of at least 4 members (excludes halogenated alkanes) is 2. The number of hydrogen-bond donors (Lipinski definition) is 0. The molecule has 0 heterocycles. The van der Waals surface area contributed by atoms with Gasteiger partial charge in [-0.25, -0.2) is 0 Å². The zero-order chi connectivity index (χ0) is 16.9. The van der Waals surface area contributed by atoms with Crippen LogP contribution in [0, 0.1) is 5.41 Å². The van der Waals surface area contributed by atoms with Crippen LogP contribution in [0.15, 0.2) is 36.4 Å². The van der Waals surface area contributed by atoms with Crippen molar-refractivity contribution in [1.82, 2.24) is 0 Å². The lowest BCUT2D eigenvalue weighted by molar-refractivity contribution is 0.0305. The van der Waals surface area contributed by atoms with Crippen molar-refractivity contribution >= 4 is 0 Å². The first-order chi connectivity index (χ1) is 11.7. The Labute approximate surface area is 148 Å². The van der Waals surface area contributed by atoms with Gasteiger partial charge in [0, 0.05) is 0 Å². The van der Waals surface area contributed by atoms with Crippen LogP contribution in [-0.4, -0.2) is 6.61 Å². The van der Waals surface area contributed by atoms with E-state index in [0.29, 0.717) is 17.4 Å². The summed E-state index contributed by atoms with van der Waals surface area (Å²) in [6.45, 7) is 5.01. The first kappa shape index (κ1) is 17.6. The highest BCUT2D eigenvalue weighted by Gasteiger charge is 2.48. The van der Waals surface area contributed by atoms with Crippen molar-refractivity contribution in [2.75, 3.05) is 6.61 Å². The van der Waals surface area contributed by atoms with E-state index >= 15 is 0 Å². The van der Waals surface area contributed by atoms with Gasteiger partial charge in [-0.2, -0.15) is 0 Å². The van der Waals surface area contributed by atoms with Crippen molar-refractivity contribution in [3.8, 4) is 5.75 Å². The fourth-order valence-corrected chi connectivity index (χ4v) is 4.97. The Bertz CT molecular complexity index is 515. The maximum atomic E-state index is 5.75. The van der Waals surface area contributed by atoms with Crippen LogP contribution in [0.2, 0.25) is 0 Å². The second kappa shape index (κ2) is 7.76. The van der Waals surface area contributed by atoms with Gasteiger partial charge in [-0.3, -0.25) is 0 Å². The summed E-state index contributed by atoms with van der Waals surface area (Å²) in [4.78, 5) is 0. The summed E-state index contributed by atoms with van der Waals surface area (Å²) in [5, 5.41) is 0. The molecule has 1 nitrogen and oxygen atoms in total. The molecule has 3 fully saturated rings. The summed E-state index contributed by atoms with van der Waals surface area (Å²) >= 11 is 0. The van der Waals surface area contributed by atoms with Gasteiger partial charge in [-0.1, -0.05) is 50.5 Å². The first-order valence-corrected chi connectivity index (χ1v) is 10.1. The Morgan fingerprint density at radius 1 is 0.958 bits per heavy atom. The summed E-state index contributed by atoms with van der Waals surface area (Å²) in [5.41, 5.74) is 2.73. The minimum atomic E-state index is 0.467. The van der Waals surface area contributed by atoms with Crippen LogP contribution in [0.25, 0.3) is 0 Å². The van der Waals surface area contributed by atoms with Crippen LogP contribution in [-0.2, 0) is 5.41 Å². The summed E-state index contributed by atoms with van der Waals surface area (Å²) in [7, 11) is 0. The van der Waals surface area contributed by atoms with Gasteiger partial charge in [0.1, 0.15) is 12.4 Å². The third kappa shape index (κ3) is 3.71. The molecule has 3 saturated carbocycles. The standard InChI is InChI=1S/C23H34O/c1-3-5-7-12-22-13-16-23(17-14-22,18-15-22)20-8-10-21(11-9-20)24-19-6-4-2/h4,6,8-11H,3,5,7,12-19H2,1-2H3. The molecule has 0 N–H and O–H groups in total. The van der Waals surface area contributed by atoms with Crippen molar-refractivity contribution in [3.05, 3.63) is 42.0 Å². The van der Waals surface area contributed by atoms with Crippen molar-refractivity contribution < 1.29 is 4.74 Å². The highest BCUT2D eigenvalue weighted by molar-refractivity contribution is 5.34. The second-order valence-corrected chi connectivity index (χ2v) is 8.14. The molecule has 1 heteroatoms. The fourth-order valence-electron chi connectivity index (χ4n) is 4.97. The van der Waals surface area contributed by atoms with Crippen molar-refractivity contribution in [2.24, 2.45) is 5.41 Å². The molecule has 0 aliphatic heterocycles. The lowest BCUT2D eigenvalue weighted by Crippen LogP contribution is -2.44. The van der Waals surface area contributed by atoms with E-state index in [1.165, 1.54) is 64.2 Å². The minimum Gasteiger partial charge on any atom is -0.490 e. The highest BCUT2D eigenvalue weighted by Crippen LogP contribution is 2.59. The summed E-state index contributed by atoms with van der Waals surface area (Å²) in [6, 6.07) is 9.01. The highest BCUT2D eigenvalue weighted by atomic mass is 16.5. The molecular formula is C23H34O. The van der Waals surface area contributed by atoms with Gasteiger partial charge in [-0.05, 0) is 80.4 Å². The lowest BCUT2D eigenvalue weighted by Gasteiger charge is -2.54. The van der Waals surface area contributed by atoms with E-state index in [1.54, 1.807) is 5.56 Å². The van der Waals surface area contributed by atoms with E-state index < -0.39 is 0 Å². The number of ether oxygens (including phenoxy) is 1. The average Bonchev–Trinajstić information content (AvgIpc) is 2.64. The topological polar surface area (TPSA) is 9.23 Å². The third-order valence-electron chi connectivity index (χ3n) is 6.76. The first-order valence-electron chi connectivity index (χ1n) is 10.1. The zero-order valence-electron chi connectivity index (χ0n) is 15.7. The van der Waals surface area contributed by atoms with E-state index in [9.17, 15) is 0 Å². The third-order valence-corrected chi connectivity index (χ3v) is 6.76. The van der Waals surface area contributed by atoms with Crippen molar-refractivity contribution in [1.29, 1.82) is 0 Å². The van der Waals surface area contributed by atoms with Crippen LogP contribution < -0.4 is 4.74 Å². The molecule has 1 aromatic rings. The molecule has 0 aromatic heterocycles. The quantitative estimate of drug-likeness (QED) is 0.376. The van der Waals surface area contributed by atoms with Crippen LogP contribution in [0.5, 0.6) is 5.75 Å². The van der Waals surface area contributed by atoms with Crippen LogP contribution in [0.1, 0.15) is 83.6 Å². The van der Waals surface area contributed by atoms with Gasteiger partial charge in [-0.15, -0.1) is 0 Å². The molecule has 0 radical (unpaired) electrons. The molecule has 2 bridgehead atoms. The number of benzene rings is 1. The average molecular weight is 327 g/mol. The molecule has 0 saturated heterocycles. The predicted octanol–water partition coefficient (Wildman–Crippen LogP) is 6.81. The van der Waals surface area contributed by atoms with Gasteiger partial charge in [0.15, 0.2) is 0 Å². The van der Waals surface area contributed by atoms with E-state index in [1.807, 2.05) is 19.1 Å². The van der Waals surface area contributed by atoms with E-state index in [4.69, 9.17) is 4.74 Å². The van der Waals surface area contributed by atoms with E-state index in [-0.39, 0.29) is 0 Å². The minimum absolute atomic E-state index is 0.467. The summed E-state index contributed by atoms with van der Waals surface area (Å²) < 4.78 is 5.75. The van der Waals surface area contributed by atoms with Gasteiger partial charge in [0.05, 0.1) is 0 Å². The number of rotatable bonds is 8. The molecule has 3 aliphatic carbocycles. The van der Waals surface area contributed by atoms with Gasteiger partial charge in [0.25, 0.3) is 0 Å². The van der Waals surface area contributed by atoms with Crippen LogP contribution >= 0.6 is 0 Å². The zero-order valence-corrected chi connectivity index (χ0v) is 15.7. The Hall–Kier alpha value is -1.24. The molecule has 0 unspecified atom stereocenters. The van der Waals surface area contributed by atoms with Gasteiger partial charge < -0.3 is 4.74 Å². The van der Waals surface area contributed by atoms with E-state index in [2.05, 4.69) is 31.2 Å². The maximum Gasteiger partial charge on any atom is 0.119 e. The van der Waals surface area contributed by atoms with Crippen molar-refractivity contribution in [3.63, 3.8) is 0 Å².